The highest BCUT2D eigenvalue weighted by Crippen LogP contribution is 2.36. The molecule has 4 nitrogen and oxygen atoms in total. The van der Waals surface area contributed by atoms with Crippen LogP contribution in [0.25, 0.3) is 0 Å². The van der Waals surface area contributed by atoms with Gasteiger partial charge in [-0.3, -0.25) is 0 Å². The number of aryl methyl sites for hydroxylation is 1. The van der Waals surface area contributed by atoms with Gasteiger partial charge in [0.25, 0.3) is 0 Å². The van der Waals surface area contributed by atoms with Crippen molar-refractivity contribution in [3.05, 3.63) is 23.3 Å². The molecular weight excluding hydrogens is 232 g/mol. The van der Waals surface area contributed by atoms with Crippen molar-refractivity contribution in [2.45, 2.75) is 19.4 Å². The van der Waals surface area contributed by atoms with Crippen molar-refractivity contribution >= 4 is 0 Å². The molecule has 2 atom stereocenters. The number of ether oxygens (including phenoxy) is 3. The van der Waals surface area contributed by atoms with E-state index in [9.17, 15) is 5.11 Å². The second-order valence-electron chi connectivity index (χ2n) is 4.63. The van der Waals surface area contributed by atoms with Crippen LogP contribution in [-0.4, -0.2) is 32.5 Å². The van der Waals surface area contributed by atoms with Crippen LogP contribution < -0.4 is 9.47 Å². The van der Waals surface area contributed by atoms with Gasteiger partial charge in [0.2, 0.25) is 0 Å². The van der Waals surface area contributed by atoms with Gasteiger partial charge in [-0.1, -0.05) is 0 Å². The van der Waals surface area contributed by atoms with Crippen LogP contribution in [0.15, 0.2) is 12.1 Å². The number of aliphatic hydroxyl groups excluding tert-OH is 1. The topological polar surface area (TPSA) is 47.9 Å². The minimum atomic E-state index is -0.507. The first-order valence-corrected chi connectivity index (χ1v) is 6.15. The van der Waals surface area contributed by atoms with E-state index in [-0.39, 0.29) is 5.92 Å². The largest absolute Gasteiger partial charge is 0.493 e. The number of rotatable bonds is 4. The smallest absolute Gasteiger partial charge is 0.161 e. The molecule has 1 aliphatic rings. The van der Waals surface area contributed by atoms with Crippen molar-refractivity contribution in [3.8, 4) is 11.5 Å². The standard InChI is InChI=1S/C14H20O4/c1-9-6-12(16-2)13(17-3)7-11(9)14(15)10-4-5-18-8-10/h6-7,10,14-15H,4-5,8H2,1-3H3. The maximum atomic E-state index is 10.4. The van der Waals surface area contributed by atoms with E-state index in [0.717, 1.165) is 24.2 Å². The highest BCUT2D eigenvalue weighted by atomic mass is 16.5. The van der Waals surface area contributed by atoms with Crippen LogP contribution in [0.1, 0.15) is 23.7 Å². The van der Waals surface area contributed by atoms with Crippen LogP contribution >= 0.6 is 0 Å². The molecule has 0 saturated carbocycles. The van der Waals surface area contributed by atoms with Gasteiger partial charge < -0.3 is 19.3 Å². The zero-order valence-corrected chi connectivity index (χ0v) is 11.1. The van der Waals surface area contributed by atoms with Gasteiger partial charge in [0.05, 0.1) is 26.9 Å². The molecule has 1 aromatic rings. The number of methoxy groups -OCH3 is 2. The third kappa shape index (κ3) is 2.44. The Hall–Kier alpha value is -1.26. The van der Waals surface area contributed by atoms with E-state index in [4.69, 9.17) is 14.2 Å². The van der Waals surface area contributed by atoms with E-state index in [2.05, 4.69) is 0 Å². The highest BCUT2D eigenvalue weighted by molar-refractivity contribution is 5.47. The van der Waals surface area contributed by atoms with Gasteiger partial charge in [-0.2, -0.15) is 0 Å². The Labute approximate surface area is 107 Å². The molecule has 18 heavy (non-hydrogen) atoms. The van der Waals surface area contributed by atoms with E-state index in [1.807, 2.05) is 19.1 Å². The Morgan fingerprint density at radius 2 is 1.94 bits per heavy atom. The minimum Gasteiger partial charge on any atom is -0.493 e. The maximum Gasteiger partial charge on any atom is 0.161 e. The molecule has 0 amide bonds. The van der Waals surface area contributed by atoms with Gasteiger partial charge in [0.1, 0.15) is 0 Å². The number of hydrogen-bond acceptors (Lipinski definition) is 4. The number of hydrogen-bond donors (Lipinski definition) is 1. The summed E-state index contributed by atoms with van der Waals surface area (Å²) in [6, 6.07) is 3.75. The van der Waals surface area contributed by atoms with Crippen molar-refractivity contribution in [3.63, 3.8) is 0 Å². The highest BCUT2D eigenvalue weighted by Gasteiger charge is 2.27. The van der Waals surface area contributed by atoms with Crippen molar-refractivity contribution < 1.29 is 19.3 Å². The van der Waals surface area contributed by atoms with Gasteiger partial charge in [0.15, 0.2) is 11.5 Å². The maximum absolute atomic E-state index is 10.4. The number of benzene rings is 1. The third-order valence-electron chi connectivity index (χ3n) is 3.50. The summed E-state index contributed by atoms with van der Waals surface area (Å²) in [6.45, 7) is 3.32. The Morgan fingerprint density at radius 3 is 2.50 bits per heavy atom. The lowest BCUT2D eigenvalue weighted by molar-refractivity contribution is 0.0911. The Bertz CT molecular complexity index is 411. The summed E-state index contributed by atoms with van der Waals surface area (Å²) < 4.78 is 15.8. The summed E-state index contributed by atoms with van der Waals surface area (Å²) in [7, 11) is 3.21. The second kappa shape index (κ2) is 5.59. The molecule has 0 radical (unpaired) electrons. The molecule has 100 valence electrons. The van der Waals surface area contributed by atoms with E-state index < -0.39 is 6.10 Å². The summed E-state index contributed by atoms with van der Waals surface area (Å²) in [5.41, 5.74) is 1.90. The molecule has 2 unspecified atom stereocenters. The SMILES string of the molecule is COc1cc(C)c(C(O)C2CCOC2)cc1OC. The second-order valence-corrected chi connectivity index (χ2v) is 4.63. The minimum absolute atomic E-state index is 0.168. The molecule has 0 spiro atoms. The summed E-state index contributed by atoms with van der Waals surface area (Å²) in [4.78, 5) is 0. The first-order valence-electron chi connectivity index (χ1n) is 6.15. The normalized spacial score (nSPS) is 20.8. The number of aliphatic hydroxyl groups is 1. The van der Waals surface area contributed by atoms with E-state index in [0.29, 0.717) is 18.1 Å². The first kappa shape index (κ1) is 13.2. The molecule has 4 heteroatoms. The molecule has 1 aliphatic heterocycles. The lowest BCUT2D eigenvalue weighted by Gasteiger charge is -2.20. The van der Waals surface area contributed by atoms with Gasteiger partial charge in [-0.05, 0) is 36.6 Å². The molecule has 0 aromatic heterocycles. The lowest BCUT2D eigenvalue weighted by atomic mass is 9.92. The third-order valence-corrected chi connectivity index (χ3v) is 3.50. The van der Waals surface area contributed by atoms with Crippen molar-refractivity contribution in [2.24, 2.45) is 5.92 Å². The predicted molar refractivity (Wildman–Crippen MR) is 68.2 cm³/mol. The molecule has 0 bridgehead atoms. The average molecular weight is 252 g/mol. The van der Waals surface area contributed by atoms with Gasteiger partial charge in [-0.25, -0.2) is 0 Å². The molecule has 1 saturated heterocycles. The van der Waals surface area contributed by atoms with Crippen molar-refractivity contribution in [2.75, 3.05) is 27.4 Å². The molecule has 1 fully saturated rings. The van der Waals surface area contributed by atoms with Gasteiger partial charge >= 0.3 is 0 Å². The molecule has 1 N–H and O–H groups in total. The quantitative estimate of drug-likeness (QED) is 0.891. The van der Waals surface area contributed by atoms with E-state index in [1.165, 1.54) is 0 Å². The van der Waals surface area contributed by atoms with E-state index in [1.54, 1.807) is 14.2 Å². The zero-order valence-electron chi connectivity index (χ0n) is 11.1. The molecule has 2 rings (SSSR count). The Morgan fingerprint density at radius 1 is 1.28 bits per heavy atom. The van der Waals surface area contributed by atoms with Crippen LogP contribution in [-0.2, 0) is 4.74 Å². The van der Waals surface area contributed by atoms with Gasteiger partial charge in [0, 0.05) is 12.5 Å². The fraction of sp³-hybridized carbons (Fsp3) is 0.571. The lowest BCUT2D eigenvalue weighted by Crippen LogP contribution is -2.14. The summed E-state index contributed by atoms with van der Waals surface area (Å²) >= 11 is 0. The van der Waals surface area contributed by atoms with Crippen LogP contribution in [0, 0.1) is 12.8 Å². The fourth-order valence-corrected chi connectivity index (χ4v) is 2.37. The average Bonchev–Trinajstić information content (AvgIpc) is 2.91. The van der Waals surface area contributed by atoms with Gasteiger partial charge in [-0.15, -0.1) is 0 Å². The van der Waals surface area contributed by atoms with Crippen LogP contribution in [0.3, 0.4) is 0 Å². The predicted octanol–water partition coefficient (Wildman–Crippen LogP) is 2.08. The molecule has 1 heterocycles. The van der Waals surface area contributed by atoms with E-state index >= 15 is 0 Å². The molecular formula is C14H20O4. The fourth-order valence-electron chi connectivity index (χ4n) is 2.37. The van der Waals surface area contributed by atoms with Crippen LogP contribution in [0.2, 0.25) is 0 Å². The molecule has 0 aliphatic carbocycles. The zero-order chi connectivity index (χ0) is 13.1. The van der Waals surface area contributed by atoms with Crippen LogP contribution in [0.4, 0.5) is 0 Å². The summed E-state index contributed by atoms with van der Waals surface area (Å²) in [5, 5.41) is 10.4. The summed E-state index contributed by atoms with van der Waals surface area (Å²) in [6.07, 6.45) is 0.391. The Kier molecular flexibility index (Phi) is 4.09. The Balaban J connectivity index is 2.31. The first-order chi connectivity index (χ1) is 8.67. The van der Waals surface area contributed by atoms with Crippen LogP contribution in [0.5, 0.6) is 11.5 Å². The van der Waals surface area contributed by atoms with Crippen molar-refractivity contribution in [1.82, 2.24) is 0 Å². The summed E-state index contributed by atoms with van der Waals surface area (Å²) in [5.74, 6) is 1.51. The van der Waals surface area contributed by atoms with Crippen molar-refractivity contribution in [1.29, 1.82) is 0 Å². The monoisotopic (exact) mass is 252 g/mol. The molecule has 1 aromatic carbocycles.